The fraction of sp³-hybridized carbons (Fsp3) is 0.222. The summed E-state index contributed by atoms with van der Waals surface area (Å²) in [5, 5.41) is 0. The zero-order valence-corrected chi connectivity index (χ0v) is 12.7. The van der Waals surface area contributed by atoms with E-state index in [1.807, 2.05) is 60.9 Å². The third-order valence-electron chi connectivity index (χ3n) is 3.76. The summed E-state index contributed by atoms with van der Waals surface area (Å²) in [7, 11) is 0. The van der Waals surface area contributed by atoms with Gasteiger partial charge in [0, 0.05) is 0 Å². The Morgan fingerprint density at radius 1 is 1.09 bits per heavy atom. The Balaban J connectivity index is 1.81. The Morgan fingerprint density at radius 3 is 2.55 bits per heavy atom. The monoisotopic (exact) mass is 294 g/mol. The van der Waals surface area contributed by atoms with Crippen molar-refractivity contribution in [3.63, 3.8) is 0 Å². The van der Waals surface area contributed by atoms with Crippen molar-refractivity contribution >= 4 is 17.3 Å². The number of aromatic nitrogens is 2. The Bertz CT molecular complexity index is 801. The Morgan fingerprint density at radius 2 is 1.82 bits per heavy atom. The molecule has 0 bridgehead atoms. The lowest BCUT2D eigenvalue weighted by atomic mass is 10.1. The molecular formula is C18H18N2O2. The highest BCUT2D eigenvalue weighted by atomic mass is 16.5. The first-order valence-electron chi connectivity index (χ1n) is 7.30. The van der Waals surface area contributed by atoms with Gasteiger partial charge in [-0.05, 0) is 37.1 Å². The minimum atomic E-state index is 0.436. The van der Waals surface area contributed by atoms with Gasteiger partial charge in [-0.2, -0.15) is 0 Å². The van der Waals surface area contributed by atoms with E-state index in [0.717, 1.165) is 34.2 Å². The van der Waals surface area contributed by atoms with Gasteiger partial charge in [-0.1, -0.05) is 30.3 Å². The highest BCUT2D eigenvalue weighted by Crippen LogP contribution is 2.22. The number of aldehydes is 1. The molecular weight excluding hydrogens is 276 g/mol. The number of para-hydroxylation sites is 3. The van der Waals surface area contributed by atoms with E-state index in [2.05, 4.69) is 4.98 Å². The zero-order chi connectivity index (χ0) is 15.5. The maximum absolute atomic E-state index is 11.2. The highest BCUT2D eigenvalue weighted by Gasteiger charge is 2.10. The number of aryl methyl sites for hydroxylation is 2. The predicted molar refractivity (Wildman–Crippen MR) is 86.5 cm³/mol. The first-order chi connectivity index (χ1) is 10.7. The molecule has 22 heavy (non-hydrogen) atoms. The van der Waals surface area contributed by atoms with Crippen LogP contribution >= 0.6 is 0 Å². The van der Waals surface area contributed by atoms with Crippen molar-refractivity contribution in [1.29, 1.82) is 0 Å². The molecule has 0 N–H and O–H groups in total. The minimum Gasteiger partial charge on any atom is -0.491 e. The molecule has 0 atom stereocenters. The van der Waals surface area contributed by atoms with Crippen molar-refractivity contribution in [2.75, 3.05) is 6.61 Å². The van der Waals surface area contributed by atoms with E-state index in [1.165, 1.54) is 0 Å². The molecule has 0 aliphatic heterocycles. The minimum absolute atomic E-state index is 0.436. The van der Waals surface area contributed by atoms with Gasteiger partial charge >= 0.3 is 0 Å². The molecule has 0 radical (unpaired) electrons. The van der Waals surface area contributed by atoms with Crippen LogP contribution in [0.15, 0.2) is 42.5 Å². The number of fused-ring (bicyclic) bond motifs is 1. The average molecular weight is 294 g/mol. The SMILES string of the molecule is Cc1cccc(C)c1OCCn1c(C=O)nc2ccccc21. The van der Waals surface area contributed by atoms with Crippen molar-refractivity contribution in [2.24, 2.45) is 0 Å². The van der Waals surface area contributed by atoms with Crippen LogP contribution in [0, 0.1) is 13.8 Å². The quantitative estimate of drug-likeness (QED) is 0.676. The average Bonchev–Trinajstić information content (AvgIpc) is 2.88. The fourth-order valence-corrected chi connectivity index (χ4v) is 2.68. The van der Waals surface area contributed by atoms with Crippen LogP contribution in [-0.4, -0.2) is 22.4 Å². The van der Waals surface area contributed by atoms with Crippen LogP contribution in [0.4, 0.5) is 0 Å². The number of imidazole rings is 1. The zero-order valence-electron chi connectivity index (χ0n) is 12.7. The van der Waals surface area contributed by atoms with Gasteiger partial charge < -0.3 is 9.30 Å². The number of benzene rings is 2. The van der Waals surface area contributed by atoms with Gasteiger partial charge in [0.15, 0.2) is 12.1 Å². The van der Waals surface area contributed by atoms with E-state index in [0.29, 0.717) is 19.0 Å². The van der Waals surface area contributed by atoms with Gasteiger partial charge in [-0.25, -0.2) is 4.98 Å². The second kappa shape index (κ2) is 6.02. The fourth-order valence-electron chi connectivity index (χ4n) is 2.68. The summed E-state index contributed by atoms with van der Waals surface area (Å²) in [5.74, 6) is 1.35. The molecule has 0 saturated carbocycles. The van der Waals surface area contributed by atoms with Gasteiger partial charge in [0.25, 0.3) is 0 Å². The van der Waals surface area contributed by atoms with Crippen LogP contribution in [0.5, 0.6) is 5.75 Å². The van der Waals surface area contributed by atoms with E-state index in [-0.39, 0.29) is 0 Å². The van der Waals surface area contributed by atoms with Crippen molar-refractivity contribution in [3.8, 4) is 5.75 Å². The van der Waals surface area contributed by atoms with Crippen molar-refractivity contribution < 1.29 is 9.53 Å². The Hall–Kier alpha value is -2.62. The topological polar surface area (TPSA) is 44.1 Å². The number of hydrogen-bond donors (Lipinski definition) is 0. The molecule has 112 valence electrons. The lowest BCUT2D eigenvalue weighted by Gasteiger charge is -2.13. The molecule has 0 aliphatic carbocycles. The summed E-state index contributed by atoms with van der Waals surface area (Å²) < 4.78 is 7.82. The molecule has 0 fully saturated rings. The van der Waals surface area contributed by atoms with Crippen LogP contribution in [0.25, 0.3) is 11.0 Å². The van der Waals surface area contributed by atoms with Gasteiger partial charge in [0.05, 0.1) is 17.6 Å². The standard InChI is InChI=1S/C18H18N2O2/c1-13-6-5-7-14(2)18(13)22-11-10-20-16-9-4-3-8-15(16)19-17(20)12-21/h3-9,12H,10-11H2,1-2H3. The molecule has 0 saturated heterocycles. The third-order valence-corrected chi connectivity index (χ3v) is 3.76. The predicted octanol–water partition coefficient (Wildman–Crippen LogP) is 3.54. The van der Waals surface area contributed by atoms with Crippen LogP contribution in [0.2, 0.25) is 0 Å². The lowest BCUT2D eigenvalue weighted by Crippen LogP contribution is -2.11. The van der Waals surface area contributed by atoms with E-state index < -0.39 is 0 Å². The smallest absolute Gasteiger partial charge is 0.185 e. The second-order valence-electron chi connectivity index (χ2n) is 5.30. The van der Waals surface area contributed by atoms with E-state index in [1.54, 1.807) is 0 Å². The number of rotatable bonds is 5. The molecule has 0 amide bonds. The molecule has 1 heterocycles. The van der Waals surface area contributed by atoms with Crippen LogP contribution in [0.1, 0.15) is 21.7 Å². The number of nitrogens with zero attached hydrogens (tertiary/aromatic N) is 2. The maximum atomic E-state index is 11.2. The van der Waals surface area contributed by atoms with E-state index in [4.69, 9.17) is 4.74 Å². The number of hydrogen-bond acceptors (Lipinski definition) is 3. The molecule has 4 heteroatoms. The number of ether oxygens (including phenoxy) is 1. The molecule has 4 nitrogen and oxygen atoms in total. The van der Waals surface area contributed by atoms with Crippen LogP contribution in [0.3, 0.4) is 0 Å². The third kappa shape index (κ3) is 2.60. The molecule has 2 aromatic carbocycles. The largest absolute Gasteiger partial charge is 0.491 e. The van der Waals surface area contributed by atoms with Crippen LogP contribution in [-0.2, 0) is 6.54 Å². The van der Waals surface area contributed by atoms with Gasteiger partial charge in [-0.3, -0.25) is 4.79 Å². The molecule has 3 rings (SSSR count). The summed E-state index contributed by atoms with van der Waals surface area (Å²) in [6, 6.07) is 13.8. The van der Waals surface area contributed by atoms with Crippen molar-refractivity contribution in [2.45, 2.75) is 20.4 Å². The van der Waals surface area contributed by atoms with Gasteiger partial charge in [0.2, 0.25) is 0 Å². The summed E-state index contributed by atoms with van der Waals surface area (Å²) in [5.41, 5.74) is 4.02. The molecule has 1 aromatic heterocycles. The summed E-state index contributed by atoms with van der Waals surface area (Å²) in [6.45, 7) is 5.15. The van der Waals surface area contributed by atoms with Crippen LogP contribution < -0.4 is 4.74 Å². The summed E-state index contributed by atoms with van der Waals surface area (Å²) >= 11 is 0. The maximum Gasteiger partial charge on any atom is 0.185 e. The molecule has 0 aliphatic rings. The van der Waals surface area contributed by atoms with E-state index >= 15 is 0 Å². The number of carbonyl (C=O) groups excluding carboxylic acids is 1. The Kier molecular flexibility index (Phi) is 3.92. The molecule has 3 aromatic rings. The highest BCUT2D eigenvalue weighted by molar-refractivity contribution is 5.82. The normalized spacial score (nSPS) is 10.8. The van der Waals surface area contributed by atoms with Gasteiger partial charge in [-0.15, -0.1) is 0 Å². The summed E-state index contributed by atoms with van der Waals surface area (Å²) in [4.78, 5) is 15.5. The lowest BCUT2D eigenvalue weighted by molar-refractivity contribution is 0.111. The second-order valence-corrected chi connectivity index (χ2v) is 5.30. The van der Waals surface area contributed by atoms with Crippen molar-refractivity contribution in [3.05, 3.63) is 59.4 Å². The van der Waals surface area contributed by atoms with Crippen molar-refractivity contribution in [1.82, 2.24) is 9.55 Å². The van der Waals surface area contributed by atoms with E-state index in [9.17, 15) is 4.79 Å². The first kappa shape index (κ1) is 14.3. The first-order valence-corrected chi connectivity index (χ1v) is 7.30. The Labute approximate surface area is 129 Å². The van der Waals surface area contributed by atoms with Gasteiger partial charge in [0.1, 0.15) is 12.4 Å². The molecule has 0 spiro atoms. The summed E-state index contributed by atoms with van der Waals surface area (Å²) in [6.07, 6.45) is 0.791. The molecule has 0 unspecified atom stereocenters. The number of carbonyl (C=O) groups is 1.